The molecule has 0 unspecified atom stereocenters. The molecular formula is C13H20N2O2S. The Bertz CT molecular complexity index is 520. The number of piperidine rings is 1. The normalized spacial score (nSPS) is 16.8. The Morgan fingerprint density at radius 3 is 2.44 bits per heavy atom. The molecule has 1 fully saturated rings. The largest absolute Gasteiger partial charge is 0.397 e. The van der Waals surface area contributed by atoms with Crippen molar-refractivity contribution in [1.82, 2.24) is 0 Å². The molecule has 100 valence electrons. The molecule has 0 atom stereocenters. The Hall–Kier alpha value is -1.23. The lowest BCUT2D eigenvalue weighted by atomic mass is 10.1. The fraction of sp³-hybridized carbons (Fsp3) is 0.538. The van der Waals surface area contributed by atoms with Crippen LogP contribution in [0.3, 0.4) is 0 Å². The summed E-state index contributed by atoms with van der Waals surface area (Å²) in [4.78, 5) is 2.56. The lowest BCUT2D eigenvalue weighted by molar-refractivity contribution is 0.578. The van der Waals surface area contributed by atoms with E-state index in [0.29, 0.717) is 10.6 Å². The van der Waals surface area contributed by atoms with E-state index in [9.17, 15) is 8.42 Å². The predicted octanol–water partition coefficient (Wildman–Crippen LogP) is 2.05. The van der Waals surface area contributed by atoms with Gasteiger partial charge in [0.1, 0.15) is 0 Å². The molecule has 5 heteroatoms. The van der Waals surface area contributed by atoms with Crippen LogP contribution in [-0.2, 0) is 9.84 Å². The van der Waals surface area contributed by atoms with Crippen molar-refractivity contribution in [2.75, 3.05) is 29.5 Å². The monoisotopic (exact) mass is 268 g/mol. The number of hydrogen-bond acceptors (Lipinski definition) is 4. The molecule has 1 saturated heterocycles. The number of nitrogens with zero attached hydrogens (tertiary/aromatic N) is 1. The van der Waals surface area contributed by atoms with Crippen LogP contribution in [0.1, 0.15) is 26.2 Å². The summed E-state index contributed by atoms with van der Waals surface area (Å²) in [6.07, 6.45) is 3.61. The Morgan fingerprint density at radius 1 is 1.22 bits per heavy atom. The highest BCUT2D eigenvalue weighted by molar-refractivity contribution is 7.91. The molecule has 1 heterocycles. The third kappa shape index (κ3) is 2.61. The zero-order valence-corrected chi connectivity index (χ0v) is 11.5. The molecule has 4 nitrogen and oxygen atoms in total. The molecule has 2 N–H and O–H groups in total. The van der Waals surface area contributed by atoms with Crippen LogP contribution in [0.15, 0.2) is 23.1 Å². The molecule has 1 aromatic carbocycles. The number of benzene rings is 1. The van der Waals surface area contributed by atoms with Crippen molar-refractivity contribution in [1.29, 1.82) is 0 Å². The van der Waals surface area contributed by atoms with Gasteiger partial charge in [-0.15, -0.1) is 0 Å². The number of sulfone groups is 1. The van der Waals surface area contributed by atoms with Crippen molar-refractivity contribution in [3.05, 3.63) is 18.2 Å². The quantitative estimate of drug-likeness (QED) is 0.852. The predicted molar refractivity (Wildman–Crippen MR) is 74.6 cm³/mol. The van der Waals surface area contributed by atoms with E-state index in [1.807, 2.05) is 6.07 Å². The SMILES string of the molecule is CCS(=O)(=O)c1ccc(N2CCCCC2)c(N)c1. The van der Waals surface area contributed by atoms with Crippen LogP contribution in [0.2, 0.25) is 0 Å². The molecule has 0 bridgehead atoms. The Balaban J connectivity index is 2.30. The summed E-state index contributed by atoms with van der Waals surface area (Å²) in [5.74, 6) is 0.107. The van der Waals surface area contributed by atoms with E-state index < -0.39 is 9.84 Å². The van der Waals surface area contributed by atoms with Gasteiger partial charge >= 0.3 is 0 Å². The van der Waals surface area contributed by atoms with Crippen molar-refractivity contribution in [3.8, 4) is 0 Å². The van der Waals surface area contributed by atoms with E-state index in [4.69, 9.17) is 5.73 Å². The van der Waals surface area contributed by atoms with E-state index in [-0.39, 0.29) is 5.75 Å². The van der Waals surface area contributed by atoms with Crippen LogP contribution in [0, 0.1) is 0 Å². The number of rotatable bonds is 3. The maximum atomic E-state index is 11.8. The first-order chi connectivity index (χ1) is 8.54. The summed E-state index contributed by atoms with van der Waals surface area (Å²) in [6.45, 7) is 3.65. The van der Waals surface area contributed by atoms with Crippen LogP contribution >= 0.6 is 0 Å². The fourth-order valence-corrected chi connectivity index (χ4v) is 3.23. The van der Waals surface area contributed by atoms with Crippen LogP contribution < -0.4 is 10.6 Å². The summed E-state index contributed by atoms with van der Waals surface area (Å²) in [7, 11) is -3.17. The molecule has 1 aromatic rings. The summed E-state index contributed by atoms with van der Waals surface area (Å²) < 4.78 is 23.5. The highest BCUT2D eigenvalue weighted by atomic mass is 32.2. The Kier molecular flexibility index (Phi) is 3.80. The molecule has 2 rings (SSSR count). The standard InChI is InChI=1S/C13H20N2O2S/c1-2-18(16,17)11-6-7-13(12(14)10-11)15-8-4-3-5-9-15/h6-7,10H,2-5,8-9,14H2,1H3. The van der Waals surface area contributed by atoms with Crippen LogP contribution in [0.5, 0.6) is 0 Å². The second kappa shape index (κ2) is 5.18. The van der Waals surface area contributed by atoms with E-state index in [1.165, 1.54) is 19.3 Å². The summed E-state index contributed by atoms with van der Waals surface area (Å²) in [6, 6.07) is 5.09. The van der Waals surface area contributed by atoms with Crippen LogP contribution in [0.4, 0.5) is 11.4 Å². The first kappa shape index (κ1) is 13.2. The van der Waals surface area contributed by atoms with Gasteiger partial charge in [-0.1, -0.05) is 6.92 Å². The molecule has 1 aliphatic rings. The molecule has 18 heavy (non-hydrogen) atoms. The smallest absolute Gasteiger partial charge is 0.178 e. The fourth-order valence-electron chi connectivity index (χ4n) is 2.32. The highest BCUT2D eigenvalue weighted by Gasteiger charge is 2.17. The van der Waals surface area contributed by atoms with Gasteiger partial charge in [0.2, 0.25) is 0 Å². The minimum atomic E-state index is -3.17. The number of nitrogens with two attached hydrogens (primary N) is 1. The Morgan fingerprint density at radius 2 is 1.89 bits per heavy atom. The maximum absolute atomic E-state index is 11.8. The van der Waals surface area contributed by atoms with Crippen LogP contribution in [0.25, 0.3) is 0 Å². The lowest BCUT2D eigenvalue weighted by Gasteiger charge is -2.30. The van der Waals surface area contributed by atoms with Crippen molar-refractivity contribution in [2.24, 2.45) is 0 Å². The zero-order chi connectivity index (χ0) is 13.2. The van der Waals surface area contributed by atoms with Gasteiger partial charge in [-0.05, 0) is 37.5 Å². The molecule has 0 aliphatic carbocycles. The Labute approximate surface area is 109 Å². The van der Waals surface area contributed by atoms with Gasteiger partial charge < -0.3 is 10.6 Å². The lowest BCUT2D eigenvalue weighted by Crippen LogP contribution is -2.30. The van der Waals surface area contributed by atoms with Gasteiger partial charge in [0.05, 0.1) is 22.0 Å². The average Bonchev–Trinajstić information content (AvgIpc) is 2.39. The van der Waals surface area contributed by atoms with Gasteiger partial charge in [0, 0.05) is 13.1 Å². The van der Waals surface area contributed by atoms with Gasteiger partial charge in [-0.25, -0.2) is 8.42 Å². The van der Waals surface area contributed by atoms with Crippen molar-refractivity contribution in [2.45, 2.75) is 31.1 Å². The molecule has 0 amide bonds. The molecule has 0 spiro atoms. The van der Waals surface area contributed by atoms with Crippen molar-refractivity contribution < 1.29 is 8.42 Å². The van der Waals surface area contributed by atoms with Gasteiger partial charge in [-0.3, -0.25) is 0 Å². The molecule has 0 radical (unpaired) electrons. The van der Waals surface area contributed by atoms with E-state index >= 15 is 0 Å². The second-order valence-corrected chi connectivity index (χ2v) is 6.95. The number of nitrogen functional groups attached to an aromatic ring is 1. The third-order valence-electron chi connectivity index (χ3n) is 3.43. The highest BCUT2D eigenvalue weighted by Crippen LogP contribution is 2.28. The van der Waals surface area contributed by atoms with Gasteiger partial charge in [-0.2, -0.15) is 0 Å². The first-order valence-corrected chi connectivity index (χ1v) is 8.07. The first-order valence-electron chi connectivity index (χ1n) is 6.42. The van der Waals surface area contributed by atoms with E-state index in [1.54, 1.807) is 19.1 Å². The number of anilines is 2. The average molecular weight is 268 g/mol. The van der Waals surface area contributed by atoms with Gasteiger partial charge in [0.25, 0.3) is 0 Å². The maximum Gasteiger partial charge on any atom is 0.178 e. The van der Waals surface area contributed by atoms with Crippen molar-refractivity contribution >= 4 is 21.2 Å². The van der Waals surface area contributed by atoms with Crippen LogP contribution in [-0.4, -0.2) is 27.3 Å². The zero-order valence-electron chi connectivity index (χ0n) is 10.7. The summed E-state index contributed by atoms with van der Waals surface area (Å²) in [5, 5.41) is 0. The topological polar surface area (TPSA) is 63.4 Å². The van der Waals surface area contributed by atoms with E-state index in [0.717, 1.165) is 18.8 Å². The summed E-state index contributed by atoms with van der Waals surface area (Å²) >= 11 is 0. The summed E-state index contributed by atoms with van der Waals surface area (Å²) in [5.41, 5.74) is 7.52. The third-order valence-corrected chi connectivity index (χ3v) is 5.17. The molecule has 0 saturated carbocycles. The molecule has 1 aliphatic heterocycles. The van der Waals surface area contributed by atoms with Gasteiger partial charge in [0.15, 0.2) is 9.84 Å². The van der Waals surface area contributed by atoms with E-state index in [2.05, 4.69) is 4.90 Å². The molecular weight excluding hydrogens is 248 g/mol. The van der Waals surface area contributed by atoms with Crippen molar-refractivity contribution in [3.63, 3.8) is 0 Å². The minimum absolute atomic E-state index is 0.107. The number of hydrogen-bond donors (Lipinski definition) is 1. The second-order valence-electron chi connectivity index (χ2n) is 4.67. The molecule has 0 aromatic heterocycles. The minimum Gasteiger partial charge on any atom is -0.397 e.